The van der Waals surface area contributed by atoms with Gasteiger partial charge >= 0.3 is 0 Å². The van der Waals surface area contributed by atoms with E-state index in [1.165, 1.54) is 6.08 Å². The van der Waals surface area contributed by atoms with E-state index in [1.807, 2.05) is 30.3 Å². The number of imidazole rings is 1. The lowest BCUT2D eigenvalue weighted by atomic mass is 10.1. The molecule has 2 rings (SSSR count). The molecule has 0 bridgehead atoms. The zero-order valence-corrected chi connectivity index (χ0v) is 8.58. The summed E-state index contributed by atoms with van der Waals surface area (Å²) in [6.07, 6.45) is 6.43. The second-order valence-corrected chi connectivity index (χ2v) is 3.27. The van der Waals surface area contributed by atoms with Crippen molar-refractivity contribution < 1.29 is 4.79 Å². The minimum absolute atomic E-state index is 0.479. The van der Waals surface area contributed by atoms with Crippen molar-refractivity contribution >= 4 is 11.6 Å². The highest BCUT2D eigenvalue weighted by Crippen LogP contribution is 2.15. The third kappa shape index (κ3) is 2.17. The van der Waals surface area contributed by atoms with Gasteiger partial charge in [0.25, 0.3) is 0 Å². The zero-order valence-electron chi connectivity index (χ0n) is 8.58. The number of hydrogen-bond donors (Lipinski definition) is 1. The molecule has 0 atom stereocenters. The SMILES string of the molecule is NC(=O)C=C(c1ccccc1)n1ccnc1. The Morgan fingerprint density at radius 2 is 2.06 bits per heavy atom. The van der Waals surface area contributed by atoms with E-state index in [1.54, 1.807) is 23.3 Å². The molecule has 4 nitrogen and oxygen atoms in total. The molecule has 1 aromatic carbocycles. The van der Waals surface area contributed by atoms with Crippen LogP contribution in [0, 0.1) is 0 Å². The third-order valence-electron chi connectivity index (χ3n) is 2.13. The van der Waals surface area contributed by atoms with Crippen molar-refractivity contribution in [1.29, 1.82) is 0 Å². The molecule has 0 radical (unpaired) electrons. The van der Waals surface area contributed by atoms with Crippen LogP contribution in [0.1, 0.15) is 5.56 Å². The Labute approximate surface area is 93.0 Å². The number of benzene rings is 1. The molecule has 4 heteroatoms. The van der Waals surface area contributed by atoms with E-state index in [0.717, 1.165) is 5.56 Å². The van der Waals surface area contributed by atoms with Crippen LogP contribution in [0.3, 0.4) is 0 Å². The average molecular weight is 213 g/mol. The maximum absolute atomic E-state index is 11.0. The molecule has 0 fully saturated rings. The molecular weight excluding hydrogens is 202 g/mol. The maximum Gasteiger partial charge on any atom is 0.243 e. The van der Waals surface area contributed by atoms with Crippen LogP contribution in [0.15, 0.2) is 55.1 Å². The van der Waals surface area contributed by atoms with Gasteiger partial charge in [0.05, 0.1) is 12.0 Å². The fourth-order valence-electron chi connectivity index (χ4n) is 1.45. The molecule has 16 heavy (non-hydrogen) atoms. The molecule has 2 aromatic rings. The summed E-state index contributed by atoms with van der Waals surface area (Å²) in [6.45, 7) is 0. The number of amides is 1. The van der Waals surface area contributed by atoms with Crippen LogP contribution in [-0.4, -0.2) is 15.5 Å². The summed E-state index contributed by atoms with van der Waals surface area (Å²) in [5.74, 6) is -0.479. The monoisotopic (exact) mass is 213 g/mol. The van der Waals surface area contributed by atoms with E-state index in [-0.39, 0.29) is 0 Å². The highest BCUT2D eigenvalue weighted by Gasteiger charge is 2.04. The van der Waals surface area contributed by atoms with Crippen molar-refractivity contribution in [1.82, 2.24) is 9.55 Å². The molecule has 80 valence electrons. The molecule has 1 amide bonds. The summed E-state index contributed by atoms with van der Waals surface area (Å²) in [6, 6.07) is 9.55. The summed E-state index contributed by atoms with van der Waals surface area (Å²) >= 11 is 0. The first-order chi connectivity index (χ1) is 7.77. The fraction of sp³-hybridized carbons (Fsp3) is 0. The molecule has 2 N–H and O–H groups in total. The third-order valence-corrected chi connectivity index (χ3v) is 2.13. The van der Waals surface area contributed by atoms with Gasteiger partial charge in [0.2, 0.25) is 5.91 Å². The second kappa shape index (κ2) is 4.44. The van der Waals surface area contributed by atoms with E-state index < -0.39 is 5.91 Å². The predicted molar refractivity (Wildman–Crippen MR) is 61.2 cm³/mol. The van der Waals surface area contributed by atoms with Crippen LogP contribution in [-0.2, 0) is 4.79 Å². The highest BCUT2D eigenvalue weighted by atomic mass is 16.1. The van der Waals surface area contributed by atoms with E-state index in [4.69, 9.17) is 5.73 Å². The van der Waals surface area contributed by atoms with Crippen molar-refractivity contribution in [2.75, 3.05) is 0 Å². The Morgan fingerprint density at radius 1 is 1.31 bits per heavy atom. The van der Waals surface area contributed by atoms with Gasteiger partial charge in [-0.15, -0.1) is 0 Å². The Morgan fingerprint density at radius 3 is 2.62 bits per heavy atom. The van der Waals surface area contributed by atoms with Crippen molar-refractivity contribution in [3.05, 3.63) is 60.7 Å². The summed E-state index contributed by atoms with van der Waals surface area (Å²) in [5.41, 5.74) is 6.82. The van der Waals surface area contributed by atoms with Gasteiger partial charge in [0, 0.05) is 18.5 Å². The van der Waals surface area contributed by atoms with Crippen LogP contribution >= 0.6 is 0 Å². The molecule has 1 heterocycles. The molecule has 0 spiro atoms. The lowest BCUT2D eigenvalue weighted by molar-refractivity contribution is -0.113. The summed E-state index contributed by atoms with van der Waals surface area (Å²) < 4.78 is 1.75. The normalized spacial score (nSPS) is 11.4. The smallest absolute Gasteiger partial charge is 0.243 e. The van der Waals surface area contributed by atoms with Crippen LogP contribution in [0.5, 0.6) is 0 Å². The lowest BCUT2D eigenvalue weighted by Crippen LogP contribution is -2.09. The molecule has 0 aliphatic carbocycles. The minimum Gasteiger partial charge on any atom is -0.366 e. The summed E-state index contributed by atoms with van der Waals surface area (Å²) in [5, 5.41) is 0. The van der Waals surface area contributed by atoms with Gasteiger partial charge in [-0.2, -0.15) is 0 Å². The molecular formula is C12H11N3O. The van der Waals surface area contributed by atoms with Gasteiger partial charge in [-0.1, -0.05) is 30.3 Å². The number of hydrogen-bond acceptors (Lipinski definition) is 2. The standard InChI is InChI=1S/C12H11N3O/c13-12(16)8-11(15-7-6-14-9-15)10-4-2-1-3-5-10/h1-9H,(H2,13,16). The van der Waals surface area contributed by atoms with Gasteiger partial charge in [-0.3, -0.25) is 4.79 Å². The second-order valence-electron chi connectivity index (χ2n) is 3.27. The zero-order chi connectivity index (χ0) is 11.4. The predicted octanol–water partition coefficient (Wildman–Crippen LogP) is 1.26. The van der Waals surface area contributed by atoms with Crippen molar-refractivity contribution in [2.45, 2.75) is 0 Å². The van der Waals surface area contributed by atoms with Gasteiger partial charge in [0.1, 0.15) is 0 Å². The van der Waals surface area contributed by atoms with Crippen LogP contribution in [0.4, 0.5) is 0 Å². The maximum atomic E-state index is 11.0. The molecule has 0 saturated heterocycles. The van der Waals surface area contributed by atoms with Gasteiger partial charge in [-0.25, -0.2) is 4.98 Å². The Hall–Kier alpha value is -2.36. The number of nitrogens with zero attached hydrogens (tertiary/aromatic N) is 2. The number of nitrogens with two attached hydrogens (primary N) is 1. The molecule has 0 unspecified atom stereocenters. The molecule has 1 aromatic heterocycles. The summed E-state index contributed by atoms with van der Waals surface area (Å²) in [4.78, 5) is 14.9. The molecule has 0 aliphatic rings. The number of rotatable bonds is 3. The van der Waals surface area contributed by atoms with Crippen LogP contribution in [0.2, 0.25) is 0 Å². The van der Waals surface area contributed by atoms with E-state index in [2.05, 4.69) is 4.98 Å². The fourth-order valence-corrected chi connectivity index (χ4v) is 1.45. The van der Waals surface area contributed by atoms with E-state index in [0.29, 0.717) is 5.70 Å². The first-order valence-corrected chi connectivity index (χ1v) is 4.82. The Bertz CT molecular complexity index is 500. The first kappa shape index (κ1) is 10.2. The highest BCUT2D eigenvalue weighted by molar-refractivity contribution is 5.93. The Kier molecular flexibility index (Phi) is 2.82. The van der Waals surface area contributed by atoms with Crippen molar-refractivity contribution in [3.63, 3.8) is 0 Å². The molecule has 0 aliphatic heterocycles. The van der Waals surface area contributed by atoms with Gasteiger partial charge in [-0.05, 0) is 5.56 Å². The minimum atomic E-state index is -0.479. The molecule has 0 saturated carbocycles. The lowest BCUT2D eigenvalue weighted by Gasteiger charge is -2.07. The number of primary amides is 1. The largest absolute Gasteiger partial charge is 0.366 e. The average Bonchev–Trinajstić information content (AvgIpc) is 2.80. The van der Waals surface area contributed by atoms with E-state index >= 15 is 0 Å². The number of carbonyl (C=O) groups is 1. The summed E-state index contributed by atoms with van der Waals surface area (Å²) in [7, 11) is 0. The van der Waals surface area contributed by atoms with Crippen LogP contribution in [0.25, 0.3) is 5.70 Å². The number of aromatic nitrogens is 2. The quantitative estimate of drug-likeness (QED) is 0.780. The van der Waals surface area contributed by atoms with Crippen molar-refractivity contribution in [3.8, 4) is 0 Å². The van der Waals surface area contributed by atoms with Gasteiger partial charge < -0.3 is 10.3 Å². The van der Waals surface area contributed by atoms with Crippen LogP contribution < -0.4 is 5.73 Å². The number of carbonyl (C=O) groups excluding carboxylic acids is 1. The van der Waals surface area contributed by atoms with E-state index in [9.17, 15) is 4.79 Å². The van der Waals surface area contributed by atoms with Crippen molar-refractivity contribution in [2.24, 2.45) is 5.73 Å². The Balaban J connectivity index is 2.49. The topological polar surface area (TPSA) is 60.9 Å². The first-order valence-electron chi connectivity index (χ1n) is 4.82. The van der Waals surface area contributed by atoms with Gasteiger partial charge in [0.15, 0.2) is 0 Å².